The van der Waals surface area contributed by atoms with Crippen molar-refractivity contribution in [1.29, 1.82) is 0 Å². The van der Waals surface area contributed by atoms with Gasteiger partial charge in [0.25, 0.3) is 0 Å². The van der Waals surface area contributed by atoms with E-state index in [0.29, 0.717) is 32.2 Å². The van der Waals surface area contributed by atoms with E-state index in [1.165, 1.54) is 15.6 Å². The number of aromatic nitrogens is 1. The zero-order chi connectivity index (χ0) is 21.3. The van der Waals surface area contributed by atoms with E-state index in [9.17, 15) is 18.0 Å². The SMILES string of the molecule is COc1cccc(-c2nc3c(s2)CN(S(=O)(=O)CCN2C(=O)CCCC2=O)CC3)c1. The summed E-state index contributed by atoms with van der Waals surface area (Å²) in [4.78, 5) is 30.6. The molecule has 0 atom stereocenters. The Balaban J connectivity index is 1.46. The number of benzene rings is 1. The van der Waals surface area contributed by atoms with Crippen LogP contribution in [0.3, 0.4) is 0 Å². The highest BCUT2D eigenvalue weighted by Gasteiger charge is 2.32. The van der Waals surface area contributed by atoms with Gasteiger partial charge in [0.15, 0.2) is 0 Å². The number of nitrogens with zero attached hydrogens (tertiary/aromatic N) is 3. The number of carbonyl (C=O) groups excluding carboxylic acids is 2. The molecule has 2 aromatic rings. The summed E-state index contributed by atoms with van der Waals surface area (Å²) in [6.07, 6.45) is 1.67. The molecule has 10 heteroatoms. The summed E-state index contributed by atoms with van der Waals surface area (Å²) in [5, 5.41) is 0.836. The molecule has 2 amide bonds. The van der Waals surface area contributed by atoms with E-state index in [4.69, 9.17) is 9.72 Å². The predicted molar refractivity (Wildman–Crippen MR) is 113 cm³/mol. The molecular weight excluding hydrogens is 426 g/mol. The van der Waals surface area contributed by atoms with Gasteiger partial charge < -0.3 is 4.74 Å². The average molecular weight is 450 g/mol. The smallest absolute Gasteiger partial charge is 0.229 e. The largest absolute Gasteiger partial charge is 0.497 e. The molecule has 30 heavy (non-hydrogen) atoms. The first-order chi connectivity index (χ1) is 14.4. The van der Waals surface area contributed by atoms with Crippen LogP contribution in [-0.4, -0.2) is 60.4 Å². The molecule has 0 N–H and O–H groups in total. The number of fused-ring (bicyclic) bond motifs is 1. The van der Waals surface area contributed by atoms with E-state index in [1.807, 2.05) is 24.3 Å². The van der Waals surface area contributed by atoms with Crippen molar-refractivity contribution in [3.63, 3.8) is 0 Å². The quantitative estimate of drug-likeness (QED) is 0.626. The molecule has 0 radical (unpaired) electrons. The summed E-state index contributed by atoms with van der Waals surface area (Å²) >= 11 is 1.48. The van der Waals surface area contributed by atoms with Crippen LogP contribution in [0.1, 0.15) is 29.8 Å². The number of thiazole rings is 1. The molecule has 1 fully saturated rings. The first-order valence-electron chi connectivity index (χ1n) is 9.81. The Kier molecular flexibility index (Phi) is 5.90. The van der Waals surface area contributed by atoms with Crippen LogP contribution in [0.25, 0.3) is 10.6 Å². The zero-order valence-electron chi connectivity index (χ0n) is 16.7. The third-order valence-electron chi connectivity index (χ3n) is 5.36. The first kappa shape index (κ1) is 21.0. The van der Waals surface area contributed by atoms with Crippen molar-refractivity contribution in [2.45, 2.75) is 32.2 Å². The molecule has 0 bridgehead atoms. The second kappa shape index (κ2) is 8.44. The molecule has 2 aliphatic rings. The Hall–Kier alpha value is -2.30. The maximum atomic E-state index is 12.9. The number of carbonyl (C=O) groups is 2. The molecule has 0 aliphatic carbocycles. The second-order valence-electron chi connectivity index (χ2n) is 7.31. The molecule has 1 aromatic heterocycles. The van der Waals surface area contributed by atoms with Crippen LogP contribution in [0, 0.1) is 0 Å². The van der Waals surface area contributed by atoms with Gasteiger partial charge in [-0.1, -0.05) is 12.1 Å². The van der Waals surface area contributed by atoms with E-state index in [-0.39, 0.29) is 30.7 Å². The number of sulfonamides is 1. The molecule has 4 rings (SSSR count). The van der Waals surface area contributed by atoms with E-state index in [1.54, 1.807) is 7.11 Å². The summed E-state index contributed by atoms with van der Waals surface area (Å²) in [6, 6.07) is 7.62. The van der Waals surface area contributed by atoms with Crippen LogP contribution in [0.15, 0.2) is 24.3 Å². The van der Waals surface area contributed by atoms with E-state index >= 15 is 0 Å². The monoisotopic (exact) mass is 449 g/mol. The second-order valence-corrected chi connectivity index (χ2v) is 10.5. The van der Waals surface area contributed by atoms with Crippen LogP contribution >= 0.6 is 11.3 Å². The Labute approximate surface area is 179 Å². The van der Waals surface area contributed by atoms with Gasteiger partial charge in [-0.05, 0) is 18.6 Å². The summed E-state index contributed by atoms with van der Waals surface area (Å²) < 4.78 is 32.4. The molecule has 1 aromatic carbocycles. The lowest BCUT2D eigenvalue weighted by Crippen LogP contribution is -2.45. The van der Waals surface area contributed by atoms with E-state index in [0.717, 1.165) is 31.8 Å². The van der Waals surface area contributed by atoms with Gasteiger partial charge in [0, 0.05) is 49.3 Å². The summed E-state index contributed by atoms with van der Waals surface area (Å²) in [7, 11) is -1.98. The number of amides is 2. The normalized spacial score (nSPS) is 17.8. The molecule has 0 saturated carbocycles. The lowest BCUT2D eigenvalue weighted by atomic mass is 10.1. The molecule has 2 aliphatic heterocycles. The first-order valence-corrected chi connectivity index (χ1v) is 12.2. The van der Waals surface area contributed by atoms with Gasteiger partial charge in [0.2, 0.25) is 21.8 Å². The van der Waals surface area contributed by atoms with Crippen molar-refractivity contribution in [2.75, 3.05) is 26.0 Å². The van der Waals surface area contributed by atoms with E-state index < -0.39 is 10.0 Å². The minimum Gasteiger partial charge on any atom is -0.497 e. The standard InChI is InChI=1S/C20H23N3O5S2/c1-28-15-5-2-4-14(12-15)20-21-16-8-9-22(13-17(16)29-20)30(26,27)11-10-23-18(24)6-3-7-19(23)25/h2,4-5,12H,3,6-11,13H2,1H3. The number of likely N-dealkylation sites (tertiary alicyclic amines) is 1. The van der Waals surface area contributed by atoms with Crippen molar-refractivity contribution in [1.82, 2.24) is 14.2 Å². The third-order valence-corrected chi connectivity index (χ3v) is 8.29. The molecule has 160 valence electrons. The Morgan fingerprint density at radius 1 is 1.17 bits per heavy atom. The van der Waals surface area contributed by atoms with Crippen molar-refractivity contribution in [3.8, 4) is 16.3 Å². The summed E-state index contributed by atoms with van der Waals surface area (Å²) in [6.45, 7) is 0.529. The van der Waals surface area contributed by atoms with Gasteiger partial charge in [-0.15, -0.1) is 11.3 Å². The highest BCUT2D eigenvalue weighted by atomic mass is 32.2. The van der Waals surface area contributed by atoms with Gasteiger partial charge in [-0.25, -0.2) is 13.4 Å². The Morgan fingerprint density at radius 3 is 2.67 bits per heavy atom. The van der Waals surface area contributed by atoms with Crippen molar-refractivity contribution >= 4 is 33.2 Å². The van der Waals surface area contributed by atoms with Crippen molar-refractivity contribution in [2.24, 2.45) is 0 Å². The minimum atomic E-state index is -3.59. The highest BCUT2D eigenvalue weighted by molar-refractivity contribution is 7.89. The fraction of sp³-hybridized carbons (Fsp3) is 0.450. The van der Waals surface area contributed by atoms with E-state index in [2.05, 4.69) is 0 Å². The number of methoxy groups -OCH3 is 1. The third kappa shape index (κ3) is 4.26. The minimum absolute atomic E-state index is 0.0822. The number of ether oxygens (including phenoxy) is 1. The van der Waals surface area contributed by atoms with Gasteiger partial charge in [0.05, 0.1) is 18.6 Å². The van der Waals surface area contributed by atoms with Gasteiger partial charge in [-0.2, -0.15) is 4.31 Å². The van der Waals surface area contributed by atoms with Crippen LogP contribution in [0.5, 0.6) is 5.75 Å². The van der Waals surface area contributed by atoms with Crippen LogP contribution in [0.2, 0.25) is 0 Å². The Morgan fingerprint density at radius 2 is 1.93 bits per heavy atom. The van der Waals surface area contributed by atoms with Gasteiger partial charge >= 0.3 is 0 Å². The summed E-state index contributed by atoms with van der Waals surface area (Å²) in [5.74, 6) is -0.0753. The lowest BCUT2D eigenvalue weighted by molar-refractivity contribution is -0.147. The molecule has 0 spiro atoms. The molecule has 3 heterocycles. The molecular formula is C20H23N3O5S2. The molecule has 1 saturated heterocycles. The molecule has 0 unspecified atom stereocenters. The van der Waals surface area contributed by atoms with Gasteiger partial charge in [0.1, 0.15) is 10.8 Å². The predicted octanol–water partition coefficient (Wildman–Crippen LogP) is 2.05. The number of piperidine rings is 1. The van der Waals surface area contributed by atoms with Crippen molar-refractivity contribution in [3.05, 3.63) is 34.8 Å². The van der Waals surface area contributed by atoms with Crippen LogP contribution in [-0.2, 0) is 32.6 Å². The summed E-state index contributed by atoms with van der Waals surface area (Å²) in [5.41, 5.74) is 1.86. The average Bonchev–Trinajstić information content (AvgIpc) is 3.17. The van der Waals surface area contributed by atoms with Crippen LogP contribution < -0.4 is 4.74 Å². The zero-order valence-corrected chi connectivity index (χ0v) is 18.3. The highest BCUT2D eigenvalue weighted by Crippen LogP contribution is 2.33. The fourth-order valence-corrected chi connectivity index (χ4v) is 6.24. The van der Waals surface area contributed by atoms with Crippen LogP contribution in [0.4, 0.5) is 0 Å². The topological polar surface area (TPSA) is 96.9 Å². The number of hydrogen-bond donors (Lipinski definition) is 0. The fourth-order valence-electron chi connectivity index (χ4n) is 3.67. The number of rotatable bonds is 6. The Bertz CT molecular complexity index is 1060. The number of imide groups is 1. The maximum Gasteiger partial charge on any atom is 0.229 e. The number of hydrogen-bond acceptors (Lipinski definition) is 7. The maximum absolute atomic E-state index is 12.9. The lowest BCUT2D eigenvalue weighted by Gasteiger charge is -2.28. The molecule has 8 nitrogen and oxygen atoms in total. The van der Waals surface area contributed by atoms with Crippen molar-refractivity contribution < 1.29 is 22.7 Å². The van der Waals surface area contributed by atoms with Gasteiger partial charge in [-0.3, -0.25) is 14.5 Å².